The molecular weight excluding hydrogens is 553 g/mol. The topological polar surface area (TPSA) is 3.24 Å². The Morgan fingerprint density at radius 2 is 0.848 bits per heavy atom. The third-order valence-electron chi connectivity index (χ3n) is 10.0. The Morgan fingerprint density at radius 3 is 1.43 bits per heavy atom. The summed E-state index contributed by atoms with van der Waals surface area (Å²) in [6.07, 6.45) is 0. The monoisotopic (exact) mass is 593 g/mol. The van der Waals surface area contributed by atoms with Crippen LogP contribution in [0.15, 0.2) is 133 Å². The van der Waals surface area contributed by atoms with E-state index in [9.17, 15) is 0 Å². The molecule has 6 aromatic rings. The number of anilines is 3. The van der Waals surface area contributed by atoms with E-state index in [-0.39, 0.29) is 17.5 Å². The maximum atomic E-state index is 2.55. The van der Waals surface area contributed by atoms with E-state index in [1.807, 2.05) is 0 Å². The molecular formula is C44H40BN. The molecule has 2 heterocycles. The van der Waals surface area contributed by atoms with Gasteiger partial charge in [0.15, 0.2) is 0 Å². The summed E-state index contributed by atoms with van der Waals surface area (Å²) in [5.74, 6) is 0. The van der Waals surface area contributed by atoms with Crippen LogP contribution in [0.4, 0.5) is 17.1 Å². The van der Waals surface area contributed by atoms with E-state index in [0.29, 0.717) is 0 Å². The van der Waals surface area contributed by atoms with Crippen LogP contribution in [0.25, 0.3) is 33.4 Å². The molecule has 0 spiro atoms. The first-order valence-electron chi connectivity index (χ1n) is 16.6. The van der Waals surface area contributed by atoms with Crippen LogP contribution in [0.2, 0.25) is 0 Å². The number of benzene rings is 6. The molecule has 0 N–H and O–H groups in total. The Labute approximate surface area is 274 Å². The fourth-order valence-corrected chi connectivity index (χ4v) is 7.61. The second kappa shape index (κ2) is 10.4. The zero-order valence-corrected chi connectivity index (χ0v) is 27.7. The number of fused-ring (bicyclic) bond motifs is 9. The summed E-state index contributed by atoms with van der Waals surface area (Å²) in [4.78, 5) is 2.55. The molecule has 0 unspecified atom stereocenters. The second-order valence-electron chi connectivity index (χ2n) is 15.0. The lowest BCUT2D eigenvalue weighted by Gasteiger charge is -2.39. The van der Waals surface area contributed by atoms with Crippen LogP contribution in [0.3, 0.4) is 0 Å². The van der Waals surface area contributed by atoms with Crippen molar-refractivity contribution in [1.82, 2.24) is 0 Å². The van der Waals surface area contributed by atoms with Crippen LogP contribution in [-0.2, 0) is 10.8 Å². The Balaban J connectivity index is 1.52. The van der Waals surface area contributed by atoms with Crippen molar-refractivity contribution in [3.05, 3.63) is 145 Å². The number of hydrogen-bond acceptors (Lipinski definition) is 1. The molecule has 0 aliphatic carbocycles. The fourth-order valence-electron chi connectivity index (χ4n) is 7.61. The zero-order valence-electron chi connectivity index (χ0n) is 27.7. The SMILES string of the molecule is CC(C)(C)c1cc(N2c3ccccc3B3c4ccccc4-c4ccccc4-c4ccccc4-c4cccc2c43)cc(C(C)(C)C)c1. The minimum Gasteiger partial charge on any atom is -0.311 e. The molecule has 0 fully saturated rings. The van der Waals surface area contributed by atoms with E-state index in [0.717, 1.165) is 0 Å². The summed E-state index contributed by atoms with van der Waals surface area (Å²) < 4.78 is 0. The normalized spacial score (nSPS) is 13.3. The summed E-state index contributed by atoms with van der Waals surface area (Å²) in [5, 5.41) is 0. The van der Waals surface area contributed by atoms with Crippen LogP contribution < -0.4 is 21.3 Å². The molecule has 0 radical (unpaired) electrons. The predicted molar refractivity (Wildman–Crippen MR) is 199 cm³/mol. The highest BCUT2D eigenvalue weighted by Crippen LogP contribution is 2.45. The van der Waals surface area contributed by atoms with Crippen molar-refractivity contribution in [1.29, 1.82) is 0 Å². The highest BCUT2D eigenvalue weighted by atomic mass is 15.1. The van der Waals surface area contributed by atoms with Gasteiger partial charge < -0.3 is 4.90 Å². The first-order chi connectivity index (χ1) is 22.1. The van der Waals surface area contributed by atoms with Crippen LogP contribution in [0.1, 0.15) is 52.7 Å². The minimum atomic E-state index is 0.0148. The maximum Gasteiger partial charge on any atom is 0.248 e. The van der Waals surface area contributed by atoms with Crippen molar-refractivity contribution in [2.45, 2.75) is 52.4 Å². The van der Waals surface area contributed by atoms with Crippen molar-refractivity contribution in [2.75, 3.05) is 4.90 Å². The first kappa shape index (κ1) is 28.6. The summed E-state index contributed by atoms with van der Waals surface area (Å²) in [6.45, 7) is 14.0. The molecule has 1 nitrogen and oxygen atoms in total. The maximum absolute atomic E-state index is 2.55. The molecule has 0 saturated heterocycles. The molecule has 6 aromatic carbocycles. The second-order valence-corrected chi connectivity index (χ2v) is 15.0. The van der Waals surface area contributed by atoms with E-state index in [2.05, 4.69) is 180 Å². The zero-order chi connectivity index (χ0) is 31.8. The van der Waals surface area contributed by atoms with E-state index in [1.165, 1.54) is 78.0 Å². The van der Waals surface area contributed by atoms with Gasteiger partial charge in [-0.1, -0.05) is 156 Å². The van der Waals surface area contributed by atoms with Crippen molar-refractivity contribution in [2.24, 2.45) is 0 Å². The third kappa shape index (κ3) is 4.46. The molecule has 2 heteroatoms. The third-order valence-corrected chi connectivity index (χ3v) is 10.0. The molecule has 46 heavy (non-hydrogen) atoms. The highest BCUT2D eigenvalue weighted by molar-refractivity contribution is 6.99. The minimum absolute atomic E-state index is 0.0148. The summed E-state index contributed by atoms with van der Waals surface area (Å²) in [7, 11) is 0. The van der Waals surface area contributed by atoms with Gasteiger partial charge in [-0.3, -0.25) is 0 Å². The summed E-state index contributed by atoms with van der Waals surface area (Å²) >= 11 is 0. The lowest BCUT2D eigenvalue weighted by molar-refractivity contribution is 0.569. The molecule has 8 rings (SSSR count). The van der Waals surface area contributed by atoms with Crippen molar-refractivity contribution >= 4 is 40.2 Å². The standard InChI is InChI=1S/C44H40BN/c1-43(2,3)29-26-30(44(4,5)6)28-31(27-29)46-40-24-14-13-23-39(40)45-38-22-12-11-20-36(38)34-18-9-7-16-32(34)33-17-8-10-19-35(33)37-21-15-25-41(46)42(37)45/h7-28H,1-6H3. The number of para-hydroxylation sites is 1. The number of hydrogen-bond donors (Lipinski definition) is 0. The highest BCUT2D eigenvalue weighted by Gasteiger charge is 2.39. The molecule has 0 saturated carbocycles. The van der Waals surface area contributed by atoms with Gasteiger partial charge in [-0.05, 0) is 90.5 Å². The first-order valence-corrected chi connectivity index (χ1v) is 16.6. The summed E-state index contributed by atoms with van der Waals surface area (Å²) in [6, 6.07) is 50.4. The van der Waals surface area contributed by atoms with Gasteiger partial charge in [0.1, 0.15) is 0 Å². The van der Waals surface area contributed by atoms with Gasteiger partial charge in [0.2, 0.25) is 6.71 Å². The van der Waals surface area contributed by atoms with Crippen molar-refractivity contribution in [3.63, 3.8) is 0 Å². The van der Waals surface area contributed by atoms with E-state index in [4.69, 9.17) is 0 Å². The Morgan fingerprint density at radius 1 is 0.413 bits per heavy atom. The van der Waals surface area contributed by atoms with E-state index >= 15 is 0 Å². The molecule has 224 valence electrons. The average molecular weight is 594 g/mol. The van der Waals surface area contributed by atoms with E-state index in [1.54, 1.807) is 0 Å². The van der Waals surface area contributed by atoms with Gasteiger partial charge in [0.05, 0.1) is 0 Å². The molecule has 0 amide bonds. The van der Waals surface area contributed by atoms with Crippen LogP contribution in [-0.4, -0.2) is 6.71 Å². The van der Waals surface area contributed by atoms with Crippen LogP contribution in [0.5, 0.6) is 0 Å². The van der Waals surface area contributed by atoms with Gasteiger partial charge in [0, 0.05) is 17.1 Å². The molecule has 0 bridgehead atoms. The van der Waals surface area contributed by atoms with Gasteiger partial charge >= 0.3 is 0 Å². The van der Waals surface area contributed by atoms with E-state index < -0.39 is 0 Å². The van der Waals surface area contributed by atoms with Crippen molar-refractivity contribution < 1.29 is 0 Å². The fraction of sp³-hybridized carbons (Fsp3) is 0.182. The Hall–Kier alpha value is -4.82. The van der Waals surface area contributed by atoms with Crippen LogP contribution in [0, 0.1) is 0 Å². The summed E-state index contributed by atoms with van der Waals surface area (Å²) in [5.41, 5.74) is 18.2. The number of rotatable bonds is 1. The van der Waals surface area contributed by atoms with Crippen molar-refractivity contribution in [3.8, 4) is 33.4 Å². The van der Waals surface area contributed by atoms with Gasteiger partial charge in [-0.15, -0.1) is 0 Å². The largest absolute Gasteiger partial charge is 0.311 e. The van der Waals surface area contributed by atoms with Gasteiger partial charge in [-0.2, -0.15) is 0 Å². The Bertz CT molecular complexity index is 2110. The van der Waals surface area contributed by atoms with Gasteiger partial charge in [-0.25, -0.2) is 0 Å². The number of nitrogens with zero attached hydrogens (tertiary/aromatic N) is 1. The molecule has 2 aliphatic rings. The van der Waals surface area contributed by atoms with Crippen LogP contribution >= 0.6 is 0 Å². The quantitative estimate of drug-likeness (QED) is 0.171. The van der Waals surface area contributed by atoms with Gasteiger partial charge in [0.25, 0.3) is 0 Å². The molecule has 0 aromatic heterocycles. The smallest absolute Gasteiger partial charge is 0.248 e. The molecule has 0 atom stereocenters. The average Bonchev–Trinajstić information content (AvgIpc) is 3.10. The predicted octanol–water partition coefficient (Wildman–Crippen LogP) is 9.90. The lowest BCUT2D eigenvalue weighted by Crippen LogP contribution is -2.58. The lowest BCUT2D eigenvalue weighted by atomic mass is 9.33. The Kier molecular flexibility index (Phi) is 6.45. The molecule has 2 aliphatic heterocycles.